The Morgan fingerprint density at radius 2 is 1.94 bits per heavy atom. The predicted molar refractivity (Wildman–Crippen MR) is 121 cm³/mol. The molecular weight excluding hydrogens is 418 g/mol. The van der Waals surface area contributed by atoms with Gasteiger partial charge >= 0.3 is 0 Å². The quantitative estimate of drug-likeness (QED) is 0.493. The molecule has 0 aliphatic carbocycles. The zero-order valence-corrected chi connectivity index (χ0v) is 17.7. The van der Waals surface area contributed by atoms with Crippen molar-refractivity contribution in [3.63, 3.8) is 0 Å². The lowest BCUT2D eigenvalue weighted by Crippen LogP contribution is -2.20. The minimum absolute atomic E-state index is 0.0193. The zero-order chi connectivity index (χ0) is 22.2. The number of nitrogens with one attached hydrogen (secondary N) is 2. The van der Waals surface area contributed by atoms with Crippen LogP contribution in [0, 0.1) is 0 Å². The molecule has 4 aromatic rings. The van der Waals surface area contributed by atoms with Gasteiger partial charge in [0.2, 0.25) is 5.91 Å². The molecular formula is C25H21N5O3. The van der Waals surface area contributed by atoms with Crippen molar-refractivity contribution in [1.29, 1.82) is 0 Å². The molecule has 1 atom stereocenters. The van der Waals surface area contributed by atoms with Gasteiger partial charge in [-0.25, -0.2) is 9.97 Å². The lowest BCUT2D eigenvalue weighted by Gasteiger charge is -2.25. The molecule has 6 rings (SSSR count). The van der Waals surface area contributed by atoms with Gasteiger partial charge in [-0.3, -0.25) is 9.78 Å². The number of hydrogen-bond donors (Lipinski definition) is 2. The van der Waals surface area contributed by atoms with Crippen LogP contribution in [-0.2, 0) is 17.6 Å². The lowest BCUT2D eigenvalue weighted by atomic mass is 9.96. The number of aromatic amines is 1. The molecule has 2 aliphatic rings. The molecule has 0 fully saturated rings. The summed E-state index contributed by atoms with van der Waals surface area (Å²) in [6.07, 6.45) is 8.87. The summed E-state index contributed by atoms with van der Waals surface area (Å²) in [6, 6.07) is 11.6. The van der Waals surface area contributed by atoms with Gasteiger partial charge in [-0.2, -0.15) is 0 Å². The van der Waals surface area contributed by atoms with Crippen molar-refractivity contribution >= 4 is 11.7 Å². The van der Waals surface area contributed by atoms with Crippen molar-refractivity contribution in [3.8, 4) is 28.5 Å². The second kappa shape index (κ2) is 8.05. The molecule has 2 aliphatic heterocycles. The molecule has 0 bridgehead atoms. The first kappa shape index (κ1) is 19.5. The highest BCUT2D eigenvalue weighted by atomic mass is 16.5. The van der Waals surface area contributed by atoms with Gasteiger partial charge in [0.25, 0.3) is 0 Å². The SMILES string of the molecule is O=C1CCc2c(Oc3ccc4c(c3)CC(c3ncc(-c5ccncc5)[nH]3)CO4)ccnc2N1. The molecule has 5 heterocycles. The number of amides is 1. The number of fused-ring (bicyclic) bond motifs is 2. The van der Waals surface area contributed by atoms with Crippen LogP contribution in [0.3, 0.4) is 0 Å². The Morgan fingerprint density at radius 1 is 1.03 bits per heavy atom. The number of ether oxygens (including phenoxy) is 2. The summed E-state index contributed by atoms with van der Waals surface area (Å²) >= 11 is 0. The lowest BCUT2D eigenvalue weighted by molar-refractivity contribution is -0.116. The number of benzene rings is 1. The fourth-order valence-electron chi connectivity index (χ4n) is 4.31. The maximum Gasteiger partial charge on any atom is 0.225 e. The minimum atomic E-state index is -0.0193. The second-order valence-corrected chi connectivity index (χ2v) is 8.19. The van der Waals surface area contributed by atoms with E-state index >= 15 is 0 Å². The number of carbonyl (C=O) groups excluding carboxylic acids is 1. The molecule has 0 radical (unpaired) electrons. The molecule has 8 nitrogen and oxygen atoms in total. The minimum Gasteiger partial charge on any atom is -0.493 e. The highest BCUT2D eigenvalue weighted by Crippen LogP contribution is 2.37. The van der Waals surface area contributed by atoms with E-state index in [1.54, 1.807) is 18.6 Å². The van der Waals surface area contributed by atoms with Crippen LogP contribution in [0.4, 0.5) is 5.82 Å². The summed E-state index contributed by atoms with van der Waals surface area (Å²) < 4.78 is 12.2. The fourth-order valence-corrected chi connectivity index (χ4v) is 4.31. The summed E-state index contributed by atoms with van der Waals surface area (Å²) in [6.45, 7) is 0.564. The van der Waals surface area contributed by atoms with E-state index < -0.39 is 0 Å². The Labute approximate surface area is 190 Å². The van der Waals surface area contributed by atoms with Gasteiger partial charge in [0, 0.05) is 36.1 Å². The van der Waals surface area contributed by atoms with E-state index in [9.17, 15) is 4.79 Å². The van der Waals surface area contributed by atoms with Crippen LogP contribution in [0.1, 0.15) is 29.3 Å². The molecule has 3 aromatic heterocycles. The monoisotopic (exact) mass is 439 g/mol. The molecule has 1 unspecified atom stereocenters. The number of rotatable bonds is 4. The highest BCUT2D eigenvalue weighted by molar-refractivity contribution is 5.93. The summed E-state index contributed by atoms with van der Waals surface area (Å²) in [5, 5.41) is 2.81. The van der Waals surface area contributed by atoms with Gasteiger partial charge in [0.15, 0.2) is 0 Å². The summed E-state index contributed by atoms with van der Waals surface area (Å²) in [5.41, 5.74) is 4.00. The van der Waals surface area contributed by atoms with Gasteiger partial charge in [-0.15, -0.1) is 0 Å². The smallest absolute Gasteiger partial charge is 0.225 e. The standard InChI is InChI=1S/C25H21N5O3/c31-23-4-2-19-22(7-10-27-25(19)30-23)33-18-1-3-21-16(12-18)11-17(14-32-21)24-28-13-20(29-24)15-5-8-26-9-6-15/h1,3,5-10,12-13,17H,2,4,11,14H2,(H,28,29)(H,27,30,31). The normalized spacial score (nSPS) is 16.8. The third-order valence-electron chi connectivity index (χ3n) is 6.01. The molecule has 0 spiro atoms. The number of H-pyrrole nitrogens is 1. The number of pyridine rings is 2. The Bertz CT molecular complexity index is 1340. The van der Waals surface area contributed by atoms with Crippen LogP contribution < -0.4 is 14.8 Å². The van der Waals surface area contributed by atoms with Gasteiger partial charge in [0.05, 0.1) is 24.4 Å². The van der Waals surface area contributed by atoms with Crippen LogP contribution in [0.25, 0.3) is 11.3 Å². The van der Waals surface area contributed by atoms with Crippen molar-refractivity contribution in [2.45, 2.75) is 25.2 Å². The third kappa shape index (κ3) is 3.80. The molecule has 0 saturated carbocycles. The first-order valence-electron chi connectivity index (χ1n) is 10.9. The van der Waals surface area contributed by atoms with Crippen LogP contribution in [0.5, 0.6) is 17.2 Å². The fraction of sp³-hybridized carbons (Fsp3) is 0.200. The number of carbonyl (C=O) groups is 1. The number of imidazole rings is 1. The van der Waals surface area contributed by atoms with E-state index in [-0.39, 0.29) is 11.8 Å². The zero-order valence-electron chi connectivity index (χ0n) is 17.7. The van der Waals surface area contributed by atoms with Crippen molar-refractivity contribution in [3.05, 3.63) is 78.1 Å². The van der Waals surface area contributed by atoms with E-state index in [1.165, 1.54) is 0 Å². The van der Waals surface area contributed by atoms with E-state index in [0.29, 0.717) is 31.0 Å². The number of aromatic nitrogens is 4. The third-order valence-corrected chi connectivity index (χ3v) is 6.01. The van der Waals surface area contributed by atoms with Crippen LogP contribution in [-0.4, -0.2) is 32.4 Å². The van der Waals surface area contributed by atoms with Crippen molar-refractivity contribution in [2.24, 2.45) is 0 Å². The molecule has 2 N–H and O–H groups in total. The van der Waals surface area contributed by atoms with Crippen molar-refractivity contribution in [1.82, 2.24) is 19.9 Å². The molecule has 1 aromatic carbocycles. The number of anilines is 1. The molecule has 33 heavy (non-hydrogen) atoms. The van der Waals surface area contributed by atoms with E-state index in [4.69, 9.17) is 9.47 Å². The largest absolute Gasteiger partial charge is 0.493 e. The van der Waals surface area contributed by atoms with Gasteiger partial charge in [-0.05, 0) is 54.8 Å². The Morgan fingerprint density at radius 3 is 2.85 bits per heavy atom. The van der Waals surface area contributed by atoms with Crippen LogP contribution in [0.2, 0.25) is 0 Å². The summed E-state index contributed by atoms with van der Waals surface area (Å²) in [7, 11) is 0. The van der Waals surface area contributed by atoms with Gasteiger partial charge in [-0.1, -0.05) is 0 Å². The second-order valence-electron chi connectivity index (χ2n) is 8.19. The van der Waals surface area contributed by atoms with E-state index in [0.717, 1.165) is 46.1 Å². The maximum absolute atomic E-state index is 11.7. The number of nitrogens with zero attached hydrogens (tertiary/aromatic N) is 3. The van der Waals surface area contributed by atoms with Gasteiger partial charge in [0.1, 0.15) is 28.9 Å². The predicted octanol–water partition coefficient (Wildman–Crippen LogP) is 4.26. The molecule has 0 saturated heterocycles. The average molecular weight is 439 g/mol. The molecule has 1 amide bonds. The van der Waals surface area contributed by atoms with Crippen LogP contribution in [0.15, 0.2) is 61.2 Å². The first-order chi connectivity index (χ1) is 16.2. The molecule has 164 valence electrons. The molecule has 8 heteroatoms. The maximum atomic E-state index is 11.7. The number of hydrogen-bond acceptors (Lipinski definition) is 6. The topological polar surface area (TPSA) is 102 Å². The first-order valence-corrected chi connectivity index (χ1v) is 10.9. The average Bonchev–Trinajstić information content (AvgIpc) is 3.35. The van der Waals surface area contributed by atoms with Gasteiger partial charge < -0.3 is 19.8 Å². The summed E-state index contributed by atoms with van der Waals surface area (Å²) in [5.74, 6) is 3.87. The Hall–Kier alpha value is -4.20. The Balaban J connectivity index is 1.23. The summed E-state index contributed by atoms with van der Waals surface area (Å²) in [4.78, 5) is 28.0. The van der Waals surface area contributed by atoms with E-state index in [1.807, 2.05) is 42.6 Å². The van der Waals surface area contributed by atoms with Crippen LogP contribution >= 0.6 is 0 Å². The highest BCUT2D eigenvalue weighted by Gasteiger charge is 2.25. The Kier molecular flexibility index (Phi) is 4.75. The van der Waals surface area contributed by atoms with Crippen molar-refractivity contribution < 1.29 is 14.3 Å². The van der Waals surface area contributed by atoms with E-state index in [2.05, 4.69) is 25.3 Å². The van der Waals surface area contributed by atoms with Crippen molar-refractivity contribution in [2.75, 3.05) is 11.9 Å².